The summed E-state index contributed by atoms with van der Waals surface area (Å²) in [5, 5.41) is 14.4. The Balaban J connectivity index is 3.06. The molecule has 0 aliphatic heterocycles. The van der Waals surface area contributed by atoms with E-state index < -0.39 is 17.6 Å². The molecule has 11 heavy (non-hydrogen) atoms. The van der Waals surface area contributed by atoms with Crippen LogP contribution in [0.5, 0.6) is 5.88 Å². The molecular weight excluding hydrogens is 161 g/mol. The Morgan fingerprint density at radius 3 is 2.36 bits per heavy atom. The van der Waals surface area contributed by atoms with Crippen LogP contribution in [0.3, 0.4) is 0 Å². The van der Waals surface area contributed by atoms with E-state index in [1.165, 1.54) is 0 Å². The number of hydrogen-bond donors (Lipinski definition) is 1. The zero-order valence-electron chi connectivity index (χ0n) is 5.13. The molecule has 1 aromatic heterocycles. The zero-order valence-corrected chi connectivity index (χ0v) is 5.13. The topological polar surface area (TPSA) is 46.0 Å². The molecule has 0 aliphatic rings. The van der Waals surface area contributed by atoms with Gasteiger partial charge in [0.05, 0.1) is 11.8 Å². The minimum atomic E-state index is -4.48. The Morgan fingerprint density at radius 2 is 2.00 bits per heavy atom. The summed E-state index contributed by atoms with van der Waals surface area (Å²) in [6, 6.07) is 0.507. The van der Waals surface area contributed by atoms with E-state index in [1.54, 1.807) is 0 Å². The van der Waals surface area contributed by atoms with Gasteiger partial charge in [0, 0.05) is 6.07 Å². The van der Waals surface area contributed by atoms with Gasteiger partial charge in [0.1, 0.15) is 0 Å². The lowest BCUT2D eigenvalue weighted by Crippen LogP contribution is -2.05. The second kappa shape index (κ2) is 2.37. The summed E-state index contributed by atoms with van der Waals surface area (Å²) in [6.07, 6.45) is -3.94. The van der Waals surface area contributed by atoms with E-state index in [2.05, 4.69) is 10.2 Å². The fourth-order valence-corrected chi connectivity index (χ4v) is 0.510. The van der Waals surface area contributed by atoms with Gasteiger partial charge in [-0.1, -0.05) is 0 Å². The second-order valence-electron chi connectivity index (χ2n) is 1.80. The van der Waals surface area contributed by atoms with Crippen molar-refractivity contribution >= 4 is 0 Å². The van der Waals surface area contributed by atoms with Gasteiger partial charge in [0.15, 0.2) is 0 Å². The van der Waals surface area contributed by atoms with Crippen molar-refractivity contribution in [3.8, 4) is 5.88 Å². The highest BCUT2D eigenvalue weighted by molar-refractivity contribution is 5.18. The molecule has 1 N–H and O–H groups in total. The minimum absolute atomic E-state index is 0.507. The molecule has 1 rings (SSSR count). The maximum atomic E-state index is 11.8. The van der Waals surface area contributed by atoms with Crippen molar-refractivity contribution in [2.45, 2.75) is 6.18 Å². The molecule has 0 radical (unpaired) electrons. The molecule has 6 heteroatoms. The molecule has 1 heterocycles. The van der Waals surface area contributed by atoms with Crippen LogP contribution in [0.15, 0.2) is 12.3 Å². The Bertz CT molecular complexity index is 260. The first-order chi connectivity index (χ1) is 5.00. The highest BCUT2D eigenvalue weighted by Gasteiger charge is 2.31. The molecule has 0 saturated heterocycles. The predicted molar refractivity (Wildman–Crippen MR) is 28.7 cm³/mol. The maximum absolute atomic E-state index is 11.8. The number of rotatable bonds is 0. The van der Waals surface area contributed by atoms with E-state index in [0.29, 0.717) is 12.3 Å². The van der Waals surface area contributed by atoms with Crippen molar-refractivity contribution in [3.05, 3.63) is 17.8 Å². The molecule has 0 saturated carbocycles. The summed E-state index contributed by atoms with van der Waals surface area (Å²) in [5.74, 6) is -0.736. The van der Waals surface area contributed by atoms with Crippen molar-refractivity contribution in [2.24, 2.45) is 0 Å². The molecule has 3 nitrogen and oxygen atoms in total. The zero-order chi connectivity index (χ0) is 8.48. The van der Waals surface area contributed by atoms with Gasteiger partial charge < -0.3 is 5.11 Å². The number of nitrogens with zero attached hydrogens (tertiary/aromatic N) is 2. The summed E-state index contributed by atoms with van der Waals surface area (Å²) in [4.78, 5) is 0. The van der Waals surface area contributed by atoms with Gasteiger partial charge in [-0.2, -0.15) is 18.3 Å². The second-order valence-corrected chi connectivity index (χ2v) is 1.80. The number of aromatic hydroxyl groups is 1. The Kier molecular flexibility index (Phi) is 1.67. The van der Waals surface area contributed by atoms with Crippen molar-refractivity contribution in [2.75, 3.05) is 0 Å². The number of halogens is 3. The van der Waals surface area contributed by atoms with Crippen LogP contribution < -0.4 is 0 Å². The average molecular weight is 164 g/mol. The van der Waals surface area contributed by atoms with Gasteiger partial charge >= 0.3 is 6.18 Å². The van der Waals surface area contributed by atoms with Crippen molar-refractivity contribution in [3.63, 3.8) is 0 Å². The van der Waals surface area contributed by atoms with E-state index in [9.17, 15) is 13.2 Å². The smallest absolute Gasteiger partial charge is 0.418 e. The van der Waals surface area contributed by atoms with Gasteiger partial charge in [0.25, 0.3) is 0 Å². The third kappa shape index (κ3) is 1.79. The molecule has 0 aromatic carbocycles. The number of hydrogen-bond acceptors (Lipinski definition) is 3. The largest absolute Gasteiger partial charge is 0.492 e. The fourth-order valence-electron chi connectivity index (χ4n) is 0.510. The van der Waals surface area contributed by atoms with E-state index in [4.69, 9.17) is 5.11 Å². The summed E-state index contributed by atoms with van der Waals surface area (Å²) < 4.78 is 35.4. The van der Waals surface area contributed by atoms with Crippen molar-refractivity contribution in [1.82, 2.24) is 10.2 Å². The number of alkyl halides is 3. The van der Waals surface area contributed by atoms with Crippen LogP contribution in [-0.4, -0.2) is 15.3 Å². The summed E-state index contributed by atoms with van der Waals surface area (Å²) in [6.45, 7) is 0. The molecular formula is C5H3F3N2O. The number of aromatic nitrogens is 2. The molecule has 1 aromatic rings. The van der Waals surface area contributed by atoms with Gasteiger partial charge in [-0.15, -0.1) is 5.10 Å². The molecule has 0 fully saturated rings. The summed E-state index contributed by atoms with van der Waals surface area (Å²) in [5.41, 5.74) is -1.01. The first-order valence-corrected chi connectivity index (χ1v) is 2.59. The fraction of sp³-hybridized carbons (Fsp3) is 0.200. The Morgan fingerprint density at radius 1 is 1.36 bits per heavy atom. The normalized spacial score (nSPS) is 11.5. The van der Waals surface area contributed by atoms with Crippen LogP contribution in [0.1, 0.15) is 5.56 Å². The third-order valence-corrected chi connectivity index (χ3v) is 0.969. The predicted octanol–water partition coefficient (Wildman–Crippen LogP) is 1.20. The molecule has 0 bridgehead atoms. The Hall–Kier alpha value is -1.33. The third-order valence-electron chi connectivity index (χ3n) is 0.969. The first kappa shape index (κ1) is 7.77. The van der Waals surface area contributed by atoms with Crippen LogP contribution >= 0.6 is 0 Å². The molecule has 0 amide bonds. The monoisotopic (exact) mass is 164 g/mol. The van der Waals surface area contributed by atoms with Crippen LogP contribution in [0.4, 0.5) is 13.2 Å². The molecule has 0 spiro atoms. The molecule has 0 atom stereocenters. The lowest BCUT2D eigenvalue weighted by Gasteiger charge is -2.03. The lowest BCUT2D eigenvalue weighted by molar-refractivity contribution is -0.138. The van der Waals surface area contributed by atoms with E-state index >= 15 is 0 Å². The summed E-state index contributed by atoms with van der Waals surface area (Å²) in [7, 11) is 0. The van der Waals surface area contributed by atoms with Crippen LogP contribution in [0.25, 0.3) is 0 Å². The summed E-state index contributed by atoms with van der Waals surface area (Å²) >= 11 is 0. The first-order valence-electron chi connectivity index (χ1n) is 2.59. The van der Waals surface area contributed by atoms with E-state index in [-0.39, 0.29) is 0 Å². The van der Waals surface area contributed by atoms with E-state index in [1.807, 2.05) is 0 Å². The Labute approximate surface area is 59.5 Å². The molecule has 60 valence electrons. The van der Waals surface area contributed by atoms with Gasteiger partial charge in [-0.05, 0) is 0 Å². The highest BCUT2D eigenvalue weighted by atomic mass is 19.4. The lowest BCUT2D eigenvalue weighted by atomic mass is 10.3. The van der Waals surface area contributed by atoms with Crippen LogP contribution in [0.2, 0.25) is 0 Å². The van der Waals surface area contributed by atoms with Gasteiger partial charge in [-0.25, -0.2) is 0 Å². The molecule has 0 aliphatic carbocycles. The SMILES string of the molecule is Oc1cc(C(F)(F)F)cnn1. The van der Waals surface area contributed by atoms with Gasteiger partial charge in [0.2, 0.25) is 5.88 Å². The standard InChI is InChI=1S/C5H3F3N2O/c6-5(7,8)3-1-4(11)10-9-2-3/h1-2H,(H,10,11). The minimum Gasteiger partial charge on any atom is -0.492 e. The quantitative estimate of drug-likeness (QED) is 0.626. The average Bonchev–Trinajstić information content (AvgIpc) is 1.86. The van der Waals surface area contributed by atoms with E-state index in [0.717, 1.165) is 0 Å². The highest BCUT2D eigenvalue weighted by Crippen LogP contribution is 2.29. The van der Waals surface area contributed by atoms with Crippen molar-refractivity contribution in [1.29, 1.82) is 0 Å². The molecule has 0 unspecified atom stereocenters. The van der Waals surface area contributed by atoms with Crippen LogP contribution in [0, 0.1) is 0 Å². The maximum Gasteiger partial charge on any atom is 0.418 e. The van der Waals surface area contributed by atoms with Gasteiger partial charge in [-0.3, -0.25) is 0 Å². The van der Waals surface area contributed by atoms with Crippen LogP contribution in [-0.2, 0) is 6.18 Å². The van der Waals surface area contributed by atoms with Crippen molar-refractivity contribution < 1.29 is 18.3 Å².